The molecule has 106 valence electrons. The molecule has 0 spiro atoms. The normalized spacial score (nSPS) is 16.0. The van der Waals surface area contributed by atoms with Gasteiger partial charge >= 0.3 is 0 Å². The lowest BCUT2D eigenvalue weighted by Gasteiger charge is -2.29. The molecule has 0 fully saturated rings. The minimum Gasteiger partial charge on any atom is -0.284 e. The minimum absolute atomic E-state index is 0.455. The van der Waals surface area contributed by atoms with Crippen LogP contribution < -0.4 is 9.03 Å². The highest BCUT2D eigenvalue weighted by Crippen LogP contribution is 2.31. The molecule has 0 atom stereocenters. The van der Waals surface area contributed by atoms with Crippen LogP contribution in [-0.4, -0.2) is 35.9 Å². The maximum Gasteiger partial charge on any atom is 0.232 e. The molecule has 1 aromatic carbocycles. The summed E-state index contributed by atoms with van der Waals surface area (Å²) in [5.41, 5.74) is 1.93. The van der Waals surface area contributed by atoms with Crippen LogP contribution in [-0.2, 0) is 26.5 Å². The molecule has 1 aliphatic rings. The zero-order valence-corrected chi connectivity index (χ0v) is 12.4. The second kappa shape index (κ2) is 4.68. The van der Waals surface area contributed by atoms with Gasteiger partial charge in [-0.25, -0.2) is 16.8 Å². The number of hydrogen-bond donors (Lipinski definition) is 1. The first-order chi connectivity index (χ1) is 8.67. The standard InChI is InChI=1S/C11H16N2O4S2/c1-18(14,15)12-10-5-6-11-9(8-10)4-3-7-13(11)19(2,16)17/h5-6,8,12H,3-4,7H2,1-2H3. The summed E-state index contributed by atoms with van der Waals surface area (Å²) in [5, 5.41) is 0. The van der Waals surface area contributed by atoms with Gasteiger partial charge in [-0.3, -0.25) is 9.03 Å². The van der Waals surface area contributed by atoms with Crippen molar-refractivity contribution in [1.82, 2.24) is 0 Å². The molecule has 0 saturated heterocycles. The first kappa shape index (κ1) is 14.1. The van der Waals surface area contributed by atoms with E-state index in [9.17, 15) is 16.8 Å². The molecule has 1 N–H and O–H groups in total. The highest BCUT2D eigenvalue weighted by atomic mass is 32.2. The Hall–Kier alpha value is -1.28. The van der Waals surface area contributed by atoms with E-state index in [0.29, 0.717) is 17.9 Å². The third-order valence-electron chi connectivity index (χ3n) is 2.86. The number of fused-ring (bicyclic) bond motifs is 1. The van der Waals surface area contributed by atoms with Crippen molar-refractivity contribution in [3.05, 3.63) is 23.8 Å². The number of benzene rings is 1. The summed E-state index contributed by atoms with van der Waals surface area (Å²) in [6.07, 6.45) is 3.71. The molecule has 0 unspecified atom stereocenters. The molecular formula is C11H16N2O4S2. The molecular weight excluding hydrogens is 288 g/mol. The maximum atomic E-state index is 11.7. The molecule has 0 aromatic heterocycles. The summed E-state index contributed by atoms with van der Waals surface area (Å²) in [7, 11) is -6.62. The molecule has 0 aliphatic carbocycles. The second-order valence-electron chi connectivity index (χ2n) is 4.66. The monoisotopic (exact) mass is 304 g/mol. The van der Waals surface area contributed by atoms with E-state index in [1.165, 1.54) is 10.6 Å². The van der Waals surface area contributed by atoms with Gasteiger partial charge in [-0.2, -0.15) is 0 Å². The molecule has 1 heterocycles. The summed E-state index contributed by atoms with van der Waals surface area (Å²) in [4.78, 5) is 0. The third kappa shape index (κ3) is 3.38. The fraction of sp³-hybridized carbons (Fsp3) is 0.455. The number of nitrogens with zero attached hydrogens (tertiary/aromatic N) is 1. The lowest BCUT2D eigenvalue weighted by Crippen LogP contribution is -2.34. The first-order valence-corrected chi connectivity index (χ1v) is 9.49. The average molecular weight is 304 g/mol. The number of rotatable bonds is 3. The largest absolute Gasteiger partial charge is 0.284 e. The van der Waals surface area contributed by atoms with Gasteiger partial charge in [-0.05, 0) is 36.6 Å². The molecule has 0 radical (unpaired) electrons. The van der Waals surface area contributed by atoms with E-state index in [-0.39, 0.29) is 0 Å². The van der Waals surface area contributed by atoms with Crippen molar-refractivity contribution in [3.8, 4) is 0 Å². The van der Waals surface area contributed by atoms with Gasteiger partial charge < -0.3 is 0 Å². The number of hydrogen-bond acceptors (Lipinski definition) is 4. The fourth-order valence-electron chi connectivity index (χ4n) is 2.18. The van der Waals surface area contributed by atoms with Crippen LogP contribution in [0.25, 0.3) is 0 Å². The Bertz CT molecular complexity index is 695. The average Bonchev–Trinajstić information content (AvgIpc) is 2.24. The van der Waals surface area contributed by atoms with Gasteiger partial charge in [0.2, 0.25) is 20.0 Å². The summed E-state index contributed by atoms with van der Waals surface area (Å²) >= 11 is 0. The highest BCUT2D eigenvalue weighted by molar-refractivity contribution is 7.92. The summed E-state index contributed by atoms with van der Waals surface area (Å²) in [6.45, 7) is 0.463. The Morgan fingerprint density at radius 3 is 2.42 bits per heavy atom. The predicted octanol–water partition coefficient (Wildman–Crippen LogP) is 0.770. The van der Waals surface area contributed by atoms with Crippen molar-refractivity contribution < 1.29 is 16.8 Å². The Morgan fingerprint density at radius 1 is 1.16 bits per heavy atom. The fourth-order valence-corrected chi connectivity index (χ4v) is 3.74. The third-order valence-corrected chi connectivity index (χ3v) is 4.65. The van der Waals surface area contributed by atoms with Crippen LogP contribution in [0.5, 0.6) is 0 Å². The van der Waals surface area contributed by atoms with Gasteiger partial charge in [-0.15, -0.1) is 0 Å². The van der Waals surface area contributed by atoms with Crippen LogP contribution in [0.1, 0.15) is 12.0 Å². The topological polar surface area (TPSA) is 83.6 Å². The first-order valence-electron chi connectivity index (χ1n) is 5.75. The maximum absolute atomic E-state index is 11.7. The molecule has 6 nitrogen and oxygen atoms in total. The van der Waals surface area contributed by atoms with Crippen molar-refractivity contribution >= 4 is 31.4 Å². The molecule has 0 amide bonds. The molecule has 1 aliphatic heterocycles. The molecule has 2 rings (SSSR count). The minimum atomic E-state index is -3.33. The van der Waals surface area contributed by atoms with Crippen molar-refractivity contribution in [2.24, 2.45) is 0 Å². The van der Waals surface area contributed by atoms with Gasteiger partial charge in [0, 0.05) is 12.2 Å². The smallest absolute Gasteiger partial charge is 0.232 e. The van der Waals surface area contributed by atoms with Gasteiger partial charge in [-0.1, -0.05) is 0 Å². The van der Waals surface area contributed by atoms with Crippen LogP contribution in [0.4, 0.5) is 11.4 Å². The highest BCUT2D eigenvalue weighted by Gasteiger charge is 2.24. The van der Waals surface area contributed by atoms with Gasteiger partial charge in [0.1, 0.15) is 0 Å². The number of sulfonamides is 2. The van der Waals surface area contributed by atoms with Crippen molar-refractivity contribution in [1.29, 1.82) is 0 Å². The number of nitrogens with one attached hydrogen (secondary N) is 1. The van der Waals surface area contributed by atoms with Crippen LogP contribution in [0.3, 0.4) is 0 Å². The molecule has 19 heavy (non-hydrogen) atoms. The van der Waals surface area contributed by atoms with E-state index in [1.54, 1.807) is 18.2 Å². The quantitative estimate of drug-likeness (QED) is 0.894. The number of aryl methyl sites for hydroxylation is 1. The summed E-state index contributed by atoms with van der Waals surface area (Å²) in [6, 6.07) is 4.90. The van der Waals surface area contributed by atoms with Crippen molar-refractivity contribution in [2.75, 3.05) is 28.1 Å². The van der Waals surface area contributed by atoms with Gasteiger partial charge in [0.05, 0.1) is 18.2 Å². The van der Waals surface area contributed by atoms with E-state index in [4.69, 9.17) is 0 Å². The van der Waals surface area contributed by atoms with Crippen LogP contribution in [0.15, 0.2) is 18.2 Å². The Morgan fingerprint density at radius 2 is 1.84 bits per heavy atom. The lowest BCUT2D eigenvalue weighted by atomic mass is 10.0. The van der Waals surface area contributed by atoms with Crippen molar-refractivity contribution in [3.63, 3.8) is 0 Å². The van der Waals surface area contributed by atoms with E-state index in [0.717, 1.165) is 24.7 Å². The van der Waals surface area contributed by atoms with E-state index < -0.39 is 20.0 Å². The van der Waals surface area contributed by atoms with Gasteiger partial charge in [0.25, 0.3) is 0 Å². The zero-order chi connectivity index (χ0) is 14.3. The zero-order valence-electron chi connectivity index (χ0n) is 10.8. The van der Waals surface area contributed by atoms with Crippen LogP contribution in [0.2, 0.25) is 0 Å². The second-order valence-corrected chi connectivity index (χ2v) is 8.31. The lowest BCUT2D eigenvalue weighted by molar-refractivity contribution is 0.592. The Balaban J connectivity index is 2.42. The Kier molecular flexibility index (Phi) is 3.48. The summed E-state index contributed by atoms with van der Waals surface area (Å²) < 4.78 is 49.5. The molecule has 0 bridgehead atoms. The summed E-state index contributed by atoms with van der Waals surface area (Å²) in [5.74, 6) is 0. The van der Waals surface area contributed by atoms with Crippen LogP contribution >= 0.6 is 0 Å². The van der Waals surface area contributed by atoms with E-state index in [2.05, 4.69) is 4.72 Å². The van der Waals surface area contributed by atoms with E-state index >= 15 is 0 Å². The Labute approximate surface area is 113 Å². The number of anilines is 2. The van der Waals surface area contributed by atoms with Crippen molar-refractivity contribution in [2.45, 2.75) is 12.8 Å². The SMILES string of the molecule is CS(=O)(=O)Nc1ccc2c(c1)CCCN2S(C)(=O)=O. The predicted molar refractivity (Wildman–Crippen MR) is 75.4 cm³/mol. The molecule has 8 heteroatoms. The van der Waals surface area contributed by atoms with Gasteiger partial charge in [0.15, 0.2) is 0 Å². The molecule has 1 aromatic rings. The van der Waals surface area contributed by atoms with E-state index in [1.807, 2.05) is 0 Å². The molecule has 0 saturated carbocycles. The van der Waals surface area contributed by atoms with Crippen LogP contribution in [0, 0.1) is 0 Å².